The number of H-pyrrole nitrogens is 1. The number of rotatable bonds is 7. The van der Waals surface area contributed by atoms with Gasteiger partial charge in [0, 0.05) is 18.4 Å². The first-order valence-corrected chi connectivity index (χ1v) is 8.28. The molecule has 1 aromatic heterocycles. The smallest absolute Gasteiger partial charge is 0.252 e. The van der Waals surface area contributed by atoms with Crippen molar-refractivity contribution in [3.8, 4) is 0 Å². The van der Waals surface area contributed by atoms with Crippen LogP contribution in [0.3, 0.4) is 0 Å². The Morgan fingerprint density at radius 2 is 2.05 bits per heavy atom. The standard InChI is InChI=1S/C16H20FN3OS/c1-11(2)22-10-14-9-15(21)20-16(19-14)18-8-7-12-3-5-13(17)6-4-12/h3-6,9,11H,7-8,10H2,1-2H3,(H2,18,19,20,21). The van der Waals surface area contributed by atoms with Gasteiger partial charge in [-0.2, -0.15) is 11.8 Å². The number of benzene rings is 1. The molecule has 0 atom stereocenters. The summed E-state index contributed by atoms with van der Waals surface area (Å²) in [6, 6.07) is 7.92. The van der Waals surface area contributed by atoms with Gasteiger partial charge in [0.1, 0.15) is 5.82 Å². The van der Waals surface area contributed by atoms with Crippen LogP contribution in [0.2, 0.25) is 0 Å². The fourth-order valence-electron chi connectivity index (χ4n) is 1.89. The largest absolute Gasteiger partial charge is 0.355 e. The van der Waals surface area contributed by atoms with Crippen LogP contribution in [0.5, 0.6) is 0 Å². The van der Waals surface area contributed by atoms with Gasteiger partial charge in [-0.15, -0.1) is 0 Å². The molecule has 0 amide bonds. The lowest BCUT2D eigenvalue weighted by Gasteiger charge is -2.08. The summed E-state index contributed by atoms with van der Waals surface area (Å²) in [5.74, 6) is 0.959. The zero-order valence-corrected chi connectivity index (χ0v) is 13.5. The van der Waals surface area contributed by atoms with Gasteiger partial charge in [0.2, 0.25) is 5.95 Å². The molecular weight excluding hydrogens is 301 g/mol. The molecule has 0 saturated carbocycles. The molecule has 118 valence electrons. The number of hydrogen-bond acceptors (Lipinski definition) is 4. The third kappa shape index (κ3) is 5.52. The van der Waals surface area contributed by atoms with E-state index in [1.54, 1.807) is 23.9 Å². The molecule has 0 fully saturated rings. The van der Waals surface area contributed by atoms with E-state index in [-0.39, 0.29) is 11.4 Å². The van der Waals surface area contributed by atoms with Crippen molar-refractivity contribution in [2.75, 3.05) is 11.9 Å². The van der Waals surface area contributed by atoms with Crippen molar-refractivity contribution in [2.45, 2.75) is 31.3 Å². The van der Waals surface area contributed by atoms with Gasteiger partial charge in [0.15, 0.2) is 0 Å². The second-order valence-electron chi connectivity index (χ2n) is 5.25. The van der Waals surface area contributed by atoms with E-state index in [4.69, 9.17) is 0 Å². The van der Waals surface area contributed by atoms with Crippen molar-refractivity contribution in [3.05, 3.63) is 57.8 Å². The predicted octanol–water partition coefficient (Wildman–Crippen LogP) is 3.21. The maximum Gasteiger partial charge on any atom is 0.252 e. The lowest BCUT2D eigenvalue weighted by molar-refractivity contribution is 0.627. The molecule has 0 spiro atoms. The number of hydrogen-bond donors (Lipinski definition) is 2. The molecule has 2 rings (SSSR count). The monoisotopic (exact) mass is 321 g/mol. The van der Waals surface area contributed by atoms with Gasteiger partial charge >= 0.3 is 0 Å². The zero-order valence-electron chi connectivity index (χ0n) is 12.7. The lowest BCUT2D eigenvalue weighted by atomic mass is 10.1. The molecule has 0 aliphatic carbocycles. The molecule has 0 unspecified atom stereocenters. The average molecular weight is 321 g/mol. The Balaban J connectivity index is 1.91. The number of anilines is 1. The van der Waals surface area contributed by atoms with Crippen LogP contribution in [-0.2, 0) is 12.2 Å². The van der Waals surface area contributed by atoms with Crippen LogP contribution >= 0.6 is 11.8 Å². The summed E-state index contributed by atoms with van der Waals surface area (Å²) in [4.78, 5) is 18.7. The number of thioether (sulfide) groups is 1. The third-order valence-corrected chi connectivity index (χ3v) is 4.11. The van der Waals surface area contributed by atoms with Crippen molar-refractivity contribution in [3.63, 3.8) is 0 Å². The van der Waals surface area contributed by atoms with Crippen LogP contribution in [0.4, 0.5) is 10.3 Å². The summed E-state index contributed by atoms with van der Waals surface area (Å²) in [6.45, 7) is 4.84. The number of nitrogens with one attached hydrogen (secondary N) is 2. The minimum Gasteiger partial charge on any atom is -0.355 e. The quantitative estimate of drug-likeness (QED) is 0.822. The summed E-state index contributed by atoms with van der Waals surface area (Å²) >= 11 is 1.75. The minimum absolute atomic E-state index is 0.154. The van der Waals surface area contributed by atoms with Crippen LogP contribution in [-0.4, -0.2) is 21.8 Å². The van der Waals surface area contributed by atoms with Crippen LogP contribution in [0.1, 0.15) is 25.1 Å². The van der Waals surface area contributed by atoms with Crippen LogP contribution in [0.15, 0.2) is 35.1 Å². The van der Waals surface area contributed by atoms with E-state index < -0.39 is 0 Å². The molecule has 0 aliphatic heterocycles. The molecule has 0 aliphatic rings. The molecule has 1 heterocycles. The first-order valence-electron chi connectivity index (χ1n) is 7.23. The fourth-order valence-corrected chi connectivity index (χ4v) is 2.55. The van der Waals surface area contributed by atoms with E-state index in [0.717, 1.165) is 17.7 Å². The SMILES string of the molecule is CC(C)SCc1cc(=O)[nH]c(NCCc2ccc(F)cc2)n1. The molecule has 2 N–H and O–H groups in total. The van der Waals surface area contributed by atoms with E-state index in [2.05, 4.69) is 29.1 Å². The molecule has 0 bridgehead atoms. The Bertz CT molecular complexity index is 655. The molecule has 2 aromatic rings. The molecule has 0 radical (unpaired) electrons. The molecule has 22 heavy (non-hydrogen) atoms. The zero-order chi connectivity index (χ0) is 15.9. The highest BCUT2D eigenvalue weighted by Gasteiger charge is 2.03. The van der Waals surface area contributed by atoms with Gasteiger partial charge in [0.25, 0.3) is 5.56 Å². The van der Waals surface area contributed by atoms with E-state index in [0.29, 0.717) is 23.5 Å². The molecule has 4 nitrogen and oxygen atoms in total. The molecular formula is C16H20FN3OS. The summed E-state index contributed by atoms with van der Waals surface area (Å²) in [5, 5.41) is 3.60. The predicted molar refractivity (Wildman–Crippen MR) is 89.9 cm³/mol. The van der Waals surface area contributed by atoms with Crippen molar-refractivity contribution >= 4 is 17.7 Å². The third-order valence-electron chi connectivity index (χ3n) is 2.98. The van der Waals surface area contributed by atoms with Gasteiger partial charge < -0.3 is 5.32 Å². The van der Waals surface area contributed by atoms with Crippen LogP contribution < -0.4 is 10.9 Å². The van der Waals surface area contributed by atoms with Crippen LogP contribution in [0, 0.1) is 5.82 Å². The summed E-state index contributed by atoms with van der Waals surface area (Å²) in [6.07, 6.45) is 0.731. The van der Waals surface area contributed by atoms with Gasteiger partial charge in [0.05, 0.1) is 5.69 Å². The summed E-state index contributed by atoms with van der Waals surface area (Å²) in [7, 11) is 0. The van der Waals surface area contributed by atoms with Crippen LogP contribution in [0.25, 0.3) is 0 Å². The van der Waals surface area contributed by atoms with Crippen molar-refractivity contribution in [2.24, 2.45) is 0 Å². The van der Waals surface area contributed by atoms with Gasteiger partial charge in [-0.1, -0.05) is 26.0 Å². The highest BCUT2D eigenvalue weighted by atomic mass is 32.2. The van der Waals surface area contributed by atoms with Gasteiger partial charge in [-0.05, 0) is 29.4 Å². The Hall–Kier alpha value is -1.82. The topological polar surface area (TPSA) is 57.8 Å². The van der Waals surface area contributed by atoms with E-state index in [9.17, 15) is 9.18 Å². The number of aromatic amines is 1. The Morgan fingerprint density at radius 3 is 2.73 bits per heavy atom. The van der Waals surface area contributed by atoms with Crippen molar-refractivity contribution in [1.29, 1.82) is 0 Å². The van der Waals surface area contributed by atoms with Crippen molar-refractivity contribution < 1.29 is 4.39 Å². The average Bonchev–Trinajstić information content (AvgIpc) is 2.47. The number of aromatic nitrogens is 2. The maximum atomic E-state index is 12.8. The van der Waals surface area contributed by atoms with Crippen molar-refractivity contribution in [1.82, 2.24) is 9.97 Å². The van der Waals surface area contributed by atoms with E-state index in [1.807, 2.05) is 0 Å². The summed E-state index contributed by atoms with van der Waals surface area (Å²) < 4.78 is 12.8. The molecule has 6 heteroatoms. The lowest BCUT2D eigenvalue weighted by Crippen LogP contribution is -2.15. The second-order valence-corrected chi connectivity index (χ2v) is 6.81. The highest BCUT2D eigenvalue weighted by Crippen LogP contribution is 2.15. The first-order chi connectivity index (χ1) is 10.5. The number of nitrogens with zero attached hydrogens (tertiary/aromatic N) is 1. The fraction of sp³-hybridized carbons (Fsp3) is 0.375. The Labute approximate surface area is 133 Å². The Kier molecular flexibility index (Phi) is 6.00. The molecule has 0 saturated heterocycles. The van der Waals surface area contributed by atoms with E-state index >= 15 is 0 Å². The summed E-state index contributed by atoms with van der Waals surface area (Å²) in [5.41, 5.74) is 1.65. The first kappa shape index (κ1) is 16.5. The minimum atomic E-state index is -0.238. The highest BCUT2D eigenvalue weighted by molar-refractivity contribution is 7.99. The maximum absolute atomic E-state index is 12.8. The normalized spacial score (nSPS) is 10.9. The van der Waals surface area contributed by atoms with Gasteiger partial charge in [-0.3, -0.25) is 9.78 Å². The number of halogens is 1. The van der Waals surface area contributed by atoms with Gasteiger partial charge in [-0.25, -0.2) is 9.37 Å². The Morgan fingerprint density at radius 1 is 1.32 bits per heavy atom. The second kappa shape index (κ2) is 7.98. The van der Waals surface area contributed by atoms with E-state index in [1.165, 1.54) is 18.2 Å². The molecule has 1 aromatic carbocycles.